The molecule has 0 aliphatic carbocycles. The Kier molecular flexibility index (Phi) is 8.16. The summed E-state index contributed by atoms with van der Waals surface area (Å²) in [7, 11) is -1.57. The fourth-order valence-electron chi connectivity index (χ4n) is 4.36. The van der Waals surface area contributed by atoms with Gasteiger partial charge in [-0.15, -0.1) is 0 Å². The van der Waals surface area contributed by atoms with E-state index in [1.54, 1.807) is 0 Å². The Bertz CT molecular complexity index is 1460. The highest BCUT2D eigenvalue weighted by molar-refractivity contribution is 9.11. The smallest absolute Gasteiger partial charge is 0.310 e. The molecule has 0 spiro atoms. The van der Waals surface area contributed by atoms with Crippen molar-refractivity contribution in [1.82, 2.24) is 0 Å². The molecule has 0 amide bonds. The maximum Gasteiger partial charge on any atom is 0.310 e. The highest BCUT2D eigenvalue weighted by atomic mass is 79.9. The molecule has 5 aromatic rings. The van der Waals surface area contributed by atoms with E-state index in [9.17, 15) is 0 Å². The van der Waals surface area contributed by atoms with Gasteiger partial charge < -0.3 is 8.39 Å². The van der Waals surface area contributed by atoms with Crippen molar-refractivity contribution in [3.63, 3.8) is 0 Å². The number of hydrogen-bond acceptors (Lipinski definition) is 3. The number of fused-ring (bicyclic) bond motifs is 3. The molecule has 1 heterocycles. The molecule has 0 fully saturated rings. The molecular formula is C28H22Br4NO2P. The van der Waals surface area contributed by atoms with Gasteiger partial charge in [-0.05, 0) is 81.1 Å². The van der Waals surface area contributed by atoms with Crippen molar-refractivity contribution < 1.29 is 8.39 Å². The largest absolute Gasteiger partial charge is 0.407 e. The minimum absolute atomic E-state index is 0.0287. The molecule has 0 bridgehead atoms. The van der Waals surface area contributed by atoms with E-state index < -0.39 is 8.16 Å². The van der Waals surface area contributed by atoms with Crippen LogP contribution >= 0.6 is 71.9 Å². The Labute approximate surface area is 245 Å². The summed E-state index contributed by atoms with van der Waals surface area (Å²) in [5.41, 5.74) is 3.92. The fourth-order valence-corrected chi connectivity index (χ4v) is 8.99. The topological polar surface area (TPSA) is 29.5 Å². The molecule has 36 heavy (non-hydrogen) atoms. The molecule has 5 rings (SSSR count). The van der Waals surface area contributed by atoms with Gasteiger partial charge >= 0.3 is 8.16 Å². The quantitative estimate of drug-likeness (QED) is 0.179. The van der Waals surface area contributed by atoms with Crippen molar-refractivity contribution in [2.75, 3.05) is 4.67 Å². The van der Waals surface area contributed by atoms with Gasteiger partial charge in [0, 0.05) is 31.8 Å². The Morgan fingerprint density at radius 2 is 1.00 bits per heavy atom. The second kappa shape index (κ2) is 11.2. The van der Waals surface area contributed by atoms with Gasteiger partial charge in [0.1, 0.15) is 0 Å². The summed E-state index contributed by atoms with van der Waals surface area (Å²) in [6.45, 7) is 4.42. The monoisotopic (exact) mass is 751 g/mol. The van der Waals surface area contributed by atoms with E-state index in [1.165, 1.54) is 11.1 Å². The molecule has 0 aliphatic heterocycles. The molecule has 184 valence electrons. The molecule has 2 atom stereocenters. The Morgan fingerprint density at radius 3 is 1.39 bits per heavy atom. The van der Waals surface area contributed by atoms with Gasteiger partial charge in [0.2, 0.25) is 0 Å². The zero-order valence-corrected chi connectivity index (χ0v) is 26.7. The standard InChI is InChI=1S/C28H22Br4NO2P/c1-17(19-9-5-3-6-10-19)33(18(2)20-11-7-4-8-12-20)36-34-27-23(13-21(29)15-25(27)31)24-14-22(30)16-26(32)28(24)35-36/h3-18H,1-2H3/t17-,18+. The van der Waals surface area contributed by atoms with Crippen LogP contribution in [-0.4, -0.2) is 0 Å². The van der Waals surface area contributed by atoms with Crippen LogP contribution in [-0.2, 0) is 0 Å². The van der Waals surface area contributed by atoms with Crippen LogP contribution in [0.3, 0.4) is 0 Å². The third-order valence-electron chi connectivity index (χ3n) is 6.19. The van der Waals surface area contributed by atoms with Crippen molar-refractivity contribution in [3.8, 4) is 0 Å². The second-order valence-corrected chi connectivity index (χ2v) is 13.3. The van der Waals surface area contributed by atoms with Crippen molar-refractivity contribution in [2.45, 2.75) is 25.9 Å². The third-order valence-corrected chi connectivity index (χ3v) is 10.0. The maximum absolute atomic E-state index is 6.83. The first-order chi connectivity index (χ1) is 17.3. The predicted molar refractivity (Wildman–Crippen MR) is 165 cm³/mol. The van der Waals surface area contributed by atoms with Crippen LogP contribution in [0.2, 0.25) is 0 Å². The van der Waals surface area contributed by atoms with Crippen LogP contribution in [0.5, 0.6) is 0 Å². The normalized spacial score (nSPS) is 13.3. The van der Waals surface area contributed by atoms with Crippen LogP contribution in [0.4, 0.5) is 0 Å². The molecule has 4 aromatic carbocycles. The van der Waals surface area contributed by atoms with Gasteiger partial charge in [-0.1, -0.05) is 92.5 Å². The van der Waals surface area contributed by atoms with E-state index in [-0.39, 0.29) is 12.1 Å². The molecule has 8 heteroatoms. The Hall–Kier alpha value is -1.34. The molecule has 0 aliphatic rings. The number of benzene rings is 4. The van der Waals surface area contributed by atoms with Gasteiger partial charge in [0.15, 0.2) is 11.2 Å². The van der Waals surface area contributed by atoms with Crippen LogP contribution in [0, 0.1) is 0 Å². The van der Waals surface area contributed by atoms with E-state index in [2.05, 4.69) is 143 Å². The minimum Gasteiger partial charge on any atom is -0.407 e. The van der Waals surface area contributed by atoms with Gasteiger partial charge in [-0.2, -0.15) is 4.67 Å². The summed E-state index contributed by atoms with van der Waals surface area (Å²) >= 11 is 14.8. The number of hydrogen-bond donors (Lipinski definition) is 0. The molecule has 1 aromatic heterocycles. The molecule has 0 N–H and O–H groups in total. The van der Waals surface area contributed by atoms with Gasteiger partial charge in [-0.25, -0.2) is 0 Å². The fraction of sp³-hybridized carbons (Fsp3) is 0.143. The molecule has 3 nitrogen and oxygen atoms in total. The second-order valence-electron chi connectivity index (χ2n) is 8.50. The van der Waals surface area contributed by atoms with E-state index in [0.29, 0.717) is 0 Å². The lowest BCUT2D eigenvalue weighted by Gasteiger charge is -2.31. The van der Waals surface area contributed by atoms with Crippen LogP contribution in [0.1, 0.15) is 37.1 Å². The molecule has 0 saturated heterocycles. The summed E-state index contributed by atoms with van der Waals surface area (Å²) in [4.78, 5) is 0. The average Bonchev–Trinajstić information content (AvgIpc) is 3.03. The Morgan fingerprint density at radius 1 is 0.611 bits per heavy atom. The first kappa shape index (κ1) is 26.3. The summed E-state index contributed by atoms with van der Waals surface area (Å²) in [6, 6.07) is 29.2. The maximum atomic E-state index is 6.83. The summed E-state index contributed by atoms with van der Waals surface area (Å²) in [6.07, 6.45) is 0. The van der Waals surface area contributed by atoms with Crippen molar-refractivity contribution >= 4 is 93.8 Å². The first-order valence-electron chi connectivity index (χ1n) is 11.4. The summed E-state index contributed by atoms with van der Waals surface area (Å²) in [5, 5.41) is 1.91. The lowest BCUT2D eigenvalue weighted by atomic mass is 10.0. The van der Waals surface area contributed by atoms with E-state index in [4.69, 9.17) is 8.39 Å². The zero-order valence-electron chi connectivity index (χ0n) is 19.5. The number of rotatable bonds is 5. The van der Waals surface area contributed by atoms with E-state index >= 15 is 0 Å². The van der Waals surface area contributed by atoms with Crippen molar-refractivity contribution in [2.24, 2.45) is 0 Å². The summed E-state index contributed by atoms with van der Waals surface area (Å²) in [5.74, 6) is 0. The van der Waals surface area contributed by atoms with Crippen LogP contribution < -0.4 is 4.67 Å². The summed E-state index contributed by atoms with van der Waals surface area (Å²) < 4.78 is 19.7. The minimum atomic E-state index is -1.57. The van der Waals surface area contributed by atoms with Gasteiger partial charge in [-0.3, -0.25) is 0 Å². The first-order valence-corrected chi connectivity index (χ1v) is 15.7. The van der Waals surface area contributed by atoms with Gasteiger partial charge in [0.25, 0.3) is 0 Å². The predicted octanol–water partition coefficient (Wildman–Crippen LogP) is 11.8. The van der Waals surface area contributed by atoms with Crippen LogP contribution in [0.15, 0.2) is 111 Å². The van der Waals surface area contributed by atoms with E-state index in [0.717, 1.165) is 39.8 Å². The lowest BCUT2D eigenvalue weighted by molar-refractivity contribution is 0.557. The van der Waals surface area contributed by atoms with Gasteiger partial charge in [0.05, 0.1) is 8.95 Å². The zero-order chi connectivity index (χ0) is 25.4. The third kappa shape index (κ3) is 5.29. The van der Waals surface area contributed by atoms with E-state index in [1.807, 2.05) is 24.3 Å². The molecule has 0 radical (unpaired) electrons. The molecule has 0 unspecified atom stereocenters. The average molecular weight is 755 g/mol. The highest BCUT2D eigenvalue weighted by Gasteiger charge is 2.29. The van der Waals surface area contributed by atoms with Crippen molar-refractivity contribution in [3.05, 3.63) is 114 Å². The Balaban J connectivity index is 1.86. The van der Waals surface area contributed by atoms with Crippen molar-refractivity contribution in [1.29, 1.82) is 0 Å². The number of halogens is 4. The SMILES string of the molecule is C[C@H](c1ccccc1)N([C@@H](C)c1ccccc1)p1oc2c(Br)cc(Br)cc2c2cc(Br)cc(Br)c2o1. The lowest BCUT2D eigenvalue weighted by Crippen LogP contribution is -2.27. The van der Waals surface area contributed by atoms with Crippen LogP contribution in [0.25, 0.3) is 21.9 Å². The highest BCUT2D eigenvalue weighted by Crippen LogP contribution is 2.48. The molecule has 0 saturated carbocycles. The molecular weight excluding hydrogens is 733 g/mol. The number of nitrogens with zero attached hydrogens (tertiary/aromatic N) is 1.